The Morgan fingerprint density at radius 3 is 2.50 bits per heavy atom. The molecule has 166 valence electrons. The average Bonchev–Trinajstić information content (AvgIpc) is 2.79. The molecule has 0 aliphatic carbocycles. The molecule has 2 N–H and O–H groups in total. The van der Waals surface area contributed by atoms with Crippen molar-refractivity contribution >= 4 is 27.3 Å². The molecular formula is C22H19FN2O6S. The predicted octanol–water partition coefficient (Wildman–Crippen LogP) is 3.41. The minimum absolute atomic E-state index is 0.0308. The summed E-state index contributed by atoms with van der Waals surface area (Å²) in [4.78, 5) is 12.5. The minimum Gasteiger partial charge on any atom is -0.495 e. The molecule has 8 nitrogen and oxygen atoms in total. The molecule has 1 amide bonds. The van der Waals surface area contributed by atoms with E-state index in [-0.39, 0.29) is 22.9 Å². The summed E-state index contributed by atoms with van der Waals surface area (Å²) in [6.45, 7) is 0.0308. The third-order valence-corrected chi connectivity index (χ3v) is 6.02. The Morgan fingerprint density at radius 2 is 1.78 bits per heavy atom. The van der Waals surface area contributed by atoms with Crippen LogP contribution in [0, 0.1) is 5.82 Å². The summed E-state index contributed by atoms with van der Waals surface area (Å²) in [5.41, 5.74) is 0.413. The van der Waals surface area contributed by atoms with Crippen LogP contribution in [0.1, 0.15) is 0 Å². The molecular weight excluding hydrogens is 439 g/mol. The van der Waals surface area contributed by atoms with Gasteiger partial charge >= 0.3 is 0 Å². The zero-order valence-electron chi connectivity index (χ0n) is 16.9. The molecule has 0 bridgehead atoms. The summed E-state index contributed by atoms with van der Waals surface area (Å²) in [6, 6.07) is 15.9. The van der Waals surface area contributed by atoms with Gasteiger partial charge in [0.2, 0.25) is 6.10 Å². The number of hydrogen-bond donors (Lipinski definition) is 2. The molecule has 0 saturated carbocycles. The zero-order valence-corrected chi connectivity index (χ0v) is 17.7. The molecule has 3 aromatic carbocycles. The van der Waals surface area contributed by atoms with E-state index in [4.69, 9.17) is 14.2 Å². The number of carbonyl (C=O) groups excluding carboxylic acids is 1. The number of carbonyl (C=O) groups is 1. The van der Waals surface area contributed by atoms with Crippen LogP contribution in [0.4, 0.5) is 15.8 Å². The second-order valence-corrected chi connectivity index (χ2v) is 8.51. The fourth-order valence-corrected chi connectivity index (χ4v) is 4.12. The summed E-state index contributed by atoms with van der Waals surface area (Å²) < 4.78 is 57.3. The van der Waals surface area contributed by atoms with Gasteiger partial charge in [-0.1, -0.05) is 12.1 Å². The molecule has 1 aliphatic heterocycles. The summed E-state index contributed by atoms with van der Waals surface area (Å²) in [5, 5.41) is 2.68. The van der Waals surface area contributed by atoms with Crippen molar-refractivity contribution in [3.63, 3.8) is 0 Å². The molecule has 32 heavy (non-hydrogen) atoms. The lowest BCUT2D eigenvalue weighted by atomic mass is 10.2. The highest BCUT2D eigenvalue weighted by molar-refractivity contribution is 7.92. The highest BCUT2D eigenvalue weighted by Crippen LogP contribution is 2.32. The Bertz CT molecular complexity index is 1250. The second kappa shape index (κ2) is 8.75. The number of fused-ring (bicyclic) bond motifs is 1. The number of rotatable bonds is 6. The number of nitrogens with one attached hydrogen (secondary N) is 2. The Hall–Kier alpha value is -3.79. The quantitative estimate of drug-likeness (QED) is 0.587. The van der Waals surface area contributed by atoms with E-state index < -0.39 is 27.9 Å². The largest absolute Gasteiger partial charge is 0.495 e. The number of benzene rings is 3. The summed E-state index contributed by atoms with van der Waals surface area (Å²) in [6.07, 6.45) is -0.883. The van der Waals surface area contributed by atoms with Gasteiger partial charge in [0.25, 0.3) is 15.9 Å². The van der Waals surface area contributed by atoms with Gasteiger partial charge in [-0.3, -0.25) is 9.52 Å². The van der Waals surface area contributed by atoms with Crippen LogP contribution in [0.15, 0.2) is 71.6 Å². The highest BCUT2D eigenvalue weighted by atomic mass is 32.2. The summed E-state index contributed by atoms with van der Waals surface area (Å²) in [5.74, 6) is 0.236. The van der Waals surface area contributed by atoms with Gasteiger partial charge in [-0.25, -0.2) is 12.8 Å². The molecule has 1 heterocycles. The van der Waals surface area contributed by atoms with Crippen molar-refractivity contribution in [2.45, 2.75) is 11.0 Å². The van der Waals surface area contributed by atoms with E-state index in [1.807, 2.05) is 0 Å². The first kappa shape index (κ1) is 21.4. The number of halogens is 1. The van der Waals surface area contributed by atoms with Gasteiger partial charge in [0, 0.05) is 5.69 Å². The van der Waals surface area contributed by atoms with Crippen molar-refractivity contribution in [3.8, 4) is 17.2 Å². The number of amides is 1. The lowest BCUT2D eigenvalue weighted by Gasteiger charge is -2.25. The number of sulfonamides is 1. The van der Waals surface area contributed by atoms with Crippen LogP contribution in [0.2, 0.25) is 0 Å². The topological polar surface area (TPSA) is 103 Å². The van der Waals surface area contributed by atoms with Crippen molar-refractivity contribution in [3.05, 3.63) is 72.5 Å². The van der Waals surface area contributed by atoms with Crippen LogP contribution in [0.25, 0.3) is 0 Å². The number of para-hydroxylation sites is 2. The van der Waals surface area contributed by atoms with Crippen LogP contribution in [0.3, 0.4) is 0 Å². The van der Waals surface area contributed by atoms with Gasteiger partial charge in [-0.2, -0.15) is 0 Å². The third kappa shape index (κ3) is 4.59. The third-order valence-electron chi connectivity index (χ3n) is 4.64. The van der Waals surface area contributed by atoms with Crippen LogP contribution < -0.4 is 24.2 Å². The molecule has 0 aromatic heterocycles. The molecule has 10 heteroatoms. The Balaban J connectivity index is 1.52. The van der Waals surface area contributed by atoms with Gasteiger partial charge in [-0.15, -0.1) is 0 Å². The fourth-order valence-electron chi connectivity index (χ4n) is 3.05. The standard InChI is InChI=1S/C22H19FN2O6S/c1-29-18-11-8-15(12-17(18)25-32(27,28)16-9-6-14(23)7-10-16)24-22(26)21-13-30-19-4-2-3-5-20(19)31-21/h2-12,21,25H,13H2,1H3,(H,24,26)/t21-/m1/s1. The van der Waals surface area contributed by atoms with E-state index in [0.29, 0.717) is 17.2 Å². The van der Waals surface area contributed by atoms with Crippen molar-refractivity contribution in [2.24, 2.45) is 0 Å². The normalized spacial score (nSPS) is 15.0. The van der Waals surface area contributed by atoms with Crippen LogP contribution in [0.5, 0.6) is 17.2 Å². The first-order valence-corrected chi connectivity index (χ1v) is 11.0. The molecule has 1 atom stereocenters. The van der Waals surface area contributed by atoms with E-state index in [1.54, 1.807) is 30.3 Å². The summed E-state index contributed by atoms with van der Waals surface area (Å²) >= 11 is 0. The van der Waals surface area contributed by atoms with Gasteiger partial charge in [0.05, 0.1) is 17.7 Å². The monoisotopic (exact) mass is 458 g/mol. The Kier molecular flexibility index (Phi) is 5.87. The van der Waals surface area contributed by atoms with E-state index in [9.17, 15) is 17.6 Å². The maximum absolute atomic E-state index is 13.1. The number of hydrogen-bond acceptors (Lipinski definition) is 6. The van der Waals surface area contributed by atoms with Crippen molar-refractivity contribution in [2.75, 3.05) is 23.8 Å². The summed E-state index contributed by atoms with van der Waals surface area (Å²) in [7, 11) is -2.63. The molecule has 4 rings (SSSR count). The highest BCUT2D eigenvalue weighted by Gasteiger charge is 2.27. The first-order chi connectivity index (χ1) is 15.4. The number of methoxy groups -OCH3 is 1. The van der Waals surface area contributed by atoms with E-state index in [2.05, 4.69) is 10.0 Å². The van der Waals surface area contributed by atoms with Crippen molar-refractivity contribution in [1.82, 2.24) is 0 Å². The van der Waals surface area contributed by atoms with Gasteiger partial charge in [-0.05, 0) is 54.6 Å². The lowest BCUT2D eigenvalue weighted by Crippen LogP contribution is -2.40. The van der Waals surface area contributed by atoms with E-state index in [1.165, 1.54) is 19.2 Å². The van der Waals surface area contributed by atoms with Crippen LogP contribution in [-0.2, 0) is 14.8 Å². The fraction of sp³-hybridized carbons (Fsp3) is 0.136. The van der Waals surface area contributed by atoms with Gasteiger partial charge < -0.3 is 19.5 Å². The molecule has 0 saturated heterocycles. The lowest BCUT2D eigenvalue weighted by molar-refractivity contribution is -0.125. The first-order valence-electron chi connectivity index (χ1n) is 9.51. The molecule has 0 unspecified atom stereocenters. The van der Waals surface area contributed by atoms with Crippen molar-refractivity contribution in [1.29, 1.82) is 0 Å². The molecule has 0 fully saturated rings. The second-order valence-electron chi connectivity index (χ2n) is 6.83. The Morgan fingerprint density at radius 1 is 1.06 bits per heavy atom. The average molecular weight is 458 g/mol. The predicted molar refractivity (Wildman–Crippen MR) is 115 cm³/mol. The van der Waals surface area contributed by atoms with Crippen LogP contribution >= 0.6 is 0 Å². The van der Waals surface area contributed by atoms with E-state index >= 15 is 0 Å². The number of ether oxygens (including phenoxy) is 3. The number of anilines is 2. The van der Waals surface area contributed by atoms with Crippen molar-refractivity contribution < 1.29 is 31.8 Å². The SMILES string of the molecule is COc1ccc(NC(=O)[C@H]2COc3ccccc3O2)cc1NS(=O)(=O)c1ccc(F)cc1. The Labute approximate surface area is 184 Å². The van der Waals surface area contributed by atoms with E-state index in [0.717, 1.165) is 24.3 Å². The molecule has 0 spiro atoms. The van der Waals surface area contributed by atoms with Gasteiger partial charge in [0.1, 0.15) is 18.2 Å². The zero-order chi connectivity index (χ0) is 22.7. The molecule has 3 aromatic rings. The van der Waals surface area contributed by atoms with Gasteiger partial charge in [0.15, 0.2) is 11.5 Å². The molecule has 0 radical (unpaired) electrons. The molecule has 1 aliphatic rings. The maximum Gasteiger partial charge on any atom is 0.269 e. The van der Waals surface area contributed by atoms with Crippen LogP contribution in [-0.4, -0.2) is 34.1 Å². The smallest absolute Gasteiger partial charge is 0.269 e. The maximum atomic E-state index is 13.1. The minimum atomic E-state index is -4.02.